The lowest BCUT2D eigenvalue weighted by molar-refractivity contribution is 0.597. The number of halogens is 1. The molecule has 0 aliphatic carbocycles. The Labute approximate surface area is 99.1 Å². The summed E-state index contributed by atoms with van der Waals surface area (Å²) < 4.78 is 23.3. The van der Waals surface area contributed by atoms with Crippen molar-refractivity contribution in [3.05, 3.63) is 5.15 Å². The highest BCUT2D eigenvalue weighted by Crippen LogP contribution is 2.26. The summed E-state index contributed by atoms with van der Waals surface area (Å²) in [7, 11) is -3.50. The molecule has 0 radical (unpaired) electrons. The van der Waals surface area contributed by atoms with Crippen LogP contribution in [0.25, 0.3) is 0 Å². The van der Waals surface area contributed by atoms with Gasteiger partial charge in [0.25, 0.3) is 0 Å². The lowest BCUT2D eigenvalue weighted by Gasteiger charge is -2.08. The van der Waals surface area contributed by atoms with Crippen molar-refractivity contribution in [2.24, 2.45) is 0 Å². The Morgan fingerprint density at radius 1 is 1.38 bits per heavy atom. The Morgan fingerprint density at radius 3 is 2.44 bits per heavy atom. The van der Waals surface area contributed by atoms with Gasteiger partial charge in [-0.15, -0.1) is 0 Å². The summed E-state index contributed by atoms with van der Waals surface area (Å²) in [6, 6.07) is 0. The summed E-state index contributed by atoms with van der Waals surface area (Å²) in [6.45, 7) is 3.95. The molecule has 0 unspecified atom stereocenters. The summed E-state index contributed by atoms with van der Waals surface area (Å²) in [4.78, 5) is 7.46. The average Bonchev–Trinajstić information content (AvgIpc) is 2.16. The van der Waals surface area contributed by atoms with Crippen LogP contribution in [-0.4, -0.2) is 30.7 Å². The van der Waals surface area contributed by atoms with Gasteiger partial charge in [-0.2, -0.15) is 9.97 Å². The SMILES string of the molecule is CCNc1nc(N)c(S(=O)(=O)CC)c(Cl)n1. The number of hydrogen-bond acceptors (Lipinski definition) is 6. The van der Waals surface area contributed by atoms with E-state index in [-0.39, 0.29) is 27.6 Å². The van der Waals surface area contributed by atoms with Gasteiger partial charge >= 0.3 is 0 Å². The molecule has 0 fully saturated rings. The van der Waals surface area contributed by atoms with Crippen LogP contribution in [0.3, 0.4) is 0 Å². The monoisotopic (exact) mass is 264 g/mol. The van der Waals surface area contributed by atoms with Crippen molar-refractivity contribution in [2.45, 2.75) is 18.7 Å². The minimum Gasteiger partial charge on any atom is -0.382 e. The van der Waals surface area contributed by atoms with E-state index in [2.05, 4.69) is 15.3 Å². The molecule has 0 atom stereocenters. The number of hydrogen-bond donors (Lipinski definition) is 2. The van der Waals surface area contributed by atoms with Crippen molar-refractivity contribution < 1.29 is 8.42 Å². The predicted molar refractivity (Wildman–Crippen MR) is 63.3 cm³/mol. The zero-order valence-electron chi connectivity index (χ0n) is 8.99. The van der Waals surface area contributed by atoms with E-state index in [0.29, 0.717) is 6.54 Å². The van der Waals surface area contributed by atoms with Gasteiger partial charge in [-0.1, -0.05) is 18.5 Å². The minimum absolute atomic E-state index is 0.0964. The fourth-order valence-corrected chi connectivity index (χ4v) is 2.59. The molecule has 8 heteroatoms. The number of nitrogens with one attached hydrogen (secondary N) is 1. The van der Waals surface area contributed by atoms with Crippen LogP contribution in [0.1, 0.15) is 13.8 Å². The quantitative estimate of drug-likeness (QED) is 0.786. The highest BCUT2D eigenvalue weighted by molar-refractivity contribution is 7.91. The fourth-order valence-electron chi connectivity index (χ4n) is 1.11. The molecule has 1 aromatic rings. The molecule has 3 N–H and O–H groups in total. The molecule has 90 valence electrons. The van der Waals surface area contributed by atoms with Gasteiger partial charge < -0.3 is 11.1 Å². The number of anilines is 2. The third-order valence-corrected chi connectivity index (χ3v) is 4.05. The maximum absolute atomic E-state index is 11.6. The molecule has 0 spiro atoms. The average molecular weight is 265 g/mol. The van der Waals surface area contributed by atoms with Crippen LogP contribution >= 0.6 is 11.6 Å². The number of nitrogens with zero attached hydrogens (tertiary/aromatic N) is 2. The maximum Gasteiger partial charge on any atom is 0.226 e. The number of nitrogen functional groups attached to an aromatic ring is 1. The van der Waals surface area contributed by atoms with Gasteiger partial charge in [0.2, 0.25) is 5.95 Å². The normalized spacial score (nSPS) is 11.4. The molecule has 0 aromatic carbocycles. The summed E-state index contributed by atoms with van der Waals surface area (Å²) in [5, 5.41) is 2.66. The van der Waals surface area contributed by atoms with E-state index in [9.17, 15) is 8.42 Å². The Bertz CT molecular complexity index is 466. The Balaban J connectivity index is 3.34. The number of rotatable bonds is 4. The third-order valence-electron chi connectivity index (χ3n) is 1.88. The summed E-state index contributed by atoms with van der Waals surface area (Å²) in [5.74, 6) is -0.00116. The number of sulfone groups is 1. The molecule has 0 saturated heterocycles. The van der Waals surface area contributed by atoms with E-state index in [4.69, 9.17) is 17.3 Å². The van der Waals surface area contributed by atoms with Crippen molar-refractivity contribution in [1.29, 1.82) is 0 Å². The van der Waals surface area contributed by atoms with Gasteiger partial charge in [-0.25, -0.2) is 8.42 Å². The van der Waals surface area contributed by atoms with Gasteiger partial charge in [0.1, 0.15) is 10.7 Å². The largest absolute Gasteiger partial charge is 0.382 e. The van der Waals surface area contributed by atoms with E-state index in [0.717, 1.165) is 0 Å². The van der Waals surface area contributed by atoms with Crippen molar-refractivity contribution >= 4 is 33.2 Å². The molecule has 6 nitrogen and oxygen atoms in total. The predicted octanol–water partition coefficient (Wildman–Crippen LogP) is 0.938. The molecule has 0 aliphatic heterocycles. The van der Waals surface area contributed by atoms with Crippen LogP contribution in [-0.2, 0) is 9.84 Å². The molecule has 0 amide bonds. The standard InChI is InChI=1S/C8H13ClN4O2S/c1-3-11-8-12-6(9)5(7(10)13-8)16(14,15)4-2/h3-4H2,1-2H3,(H3,10,11,12,13). The van der Waals surface area contributed by atoms with E-state index < -0.39 is 9.84 Å². The van der Waals surface area contributed by atoms with Crippen LogP contribution in [0.5, 0.6) is 0 Å². The smallest absolute Gasteiger partial charge is 0.226 e. The van der Waals surface area contributed by atoms with E-state index in [1.807, 2.05) is 6.92 Å². The van der Waals surface area contributed by atoms with Crippen LogP contribution in [0.2, 0.25) is 5.15 Å². The van der Waals surface area contributed by atoms with Gasteiger partial charge in [0.05, 0.1) is 5.75 Å². The molecule has 16 heavy (non-hydrogen) atoms. The minimum atomic E-state index is -3.50. The highest BCUT2D eigenvalue weighted by atomic mass is 35.5. The van der Waals surface area contributed by atoms with E-state index in [1.54, 1.807) is 0 Å². The zero-order valence-corrected chi connectivity index (χ0v) is 10.6. The molecule has 1 rings (SSSR count). The topological polar surface area (TPSA) is 98.0 Å². The van der Waals surface area contributed by atoms with Gasteiger partial charge in [0.15, 0.2) is 15.0 Å². The summed E-state index contributed by atoms with van der Waals surface area (Å²) >= 11 is 5.78. The second-order valence-corrected chi connectivity index (χ2v) is 5.56. The zero-order chi connectivity index (χ0) is 12.3. The van der Waals surface area contributed by atoms with Gasteiger partial charge in [-0.3, -0.25) is 0 Å². The molecule has 0 aliphatic rings. The number of aromatic nitrogens is 2. The first-order valence-electron chi connectivity index (χ1n) is 4.72. The lowest BCUT2D eigenvalue weighted by Crippen LogP contribution is -2.13. The van der Waals surface area contributed by atoms with Crippen molar-refractivity contribution in [1.82, 2.24) is 9.97 Å². The summed E-state index contributed by atoms with van der Waals surface area (Å²) in [6.07, 6.45) is 0. The highest BCUT2D eigenvalue weighted by Gasteiger charge is 2.22. The molecule has 0 saturated carbocycles. The molecular formula is C8H13ClN4O2S. The lowest BCUT2D eigenvalue weighted by atomic mass is 10.6. The van der Waals surface area contributed by atoms with Gasteiger partial charge in [0, 0.05) is 6.54 Å². The second kappa shape index (κ2) is 4.84. The molecular weight excluding hydrogens is 252 g/mol. The number of nitrogens with two attached hydrogens (primary N) is 1. The van der Waals surface area contributed by atoms with Crippen LogP contribution in [0.4, 0.5) is 11.8 Å². The van der Waals surface area contributed by atoms with Crippen molar-refractivity contribution in [2.75, 3.05) is 23.3 Å². The van der Waals surface area contributed by atoms with Crippen LogP contribution in [0.15, 0.2) is 4.90 Å². The maximum atomic E-state index is 11.6. The van der Waals surface area contributed by atoms with E-state index >= 15 is 0 Å². The fraction of sp³-hybridized carbons (Fsp3) is 0.500. The first-order chi connectivity index (χ1) is 7.42. The Kier molecular flexibility index (Phi) is 3.93. The molecule has 1 heterocycles. The van der Waals surface area contributed by atoms with Crippen LogP contribution in [0, 0.1) is 0 Å². The first-order valence-corrected chi connectivity index (χ1v) is 6.75. The van der Waals surface area contributed by atoms with Crippen molar-refractivity contribution in [3.8, 4) is 0 Å². The first kappa shape index (κ1) is 13.0. The molecule has 1 aromatic heterocycles. The second-order valence-electron chi connectivity index (χ2n) is 2.99. The molecule has 0 bridgehead atoms. The van der Waals surface area contributed by atoms with E-state index in [1.165, 1.54) is 6.92 Å². The van der Waals surface area contributed by atoms with Crippen molar-refractivity contribution in [3.63, 3.8) is 0 Å². The Morgan fingerprint density at radius 2 is 2.00 bits per heavy atom. The third kappa shape index (κ3) is 2.53. The van der Waals surface area contributed by atoms with Gasteiger partial charge in [-0.05, 0) is 6.92 Å². The van der Waals surface area contributed by atoms with Crippen LogP contribution < -0.4 is 11.1 Å². The summed E-state index contributed by atoms with van der Waals surface area (Å²) in [5.41, 5.74) is 5.56. The Hall–Kier alpha value is -1.08.